The first-order chi connectivity index (χ1) is 9.16. The van der Waals surface area contributed by atoms with Gasteiger partial charge in [-0.25, -0.2) is 0 Å². The van der Waals surface area contributed by atoms with Gasteiger partial charge in [0.1, 0.15) is 5.69 Å². The van der Waals surface area contributed by atoms with Crippen molar-refractivity contribution >= 4 is 16.6 Å². The SMILES string of the molecule is Cc1cc(C(=O)c2cncc3ccccc23)n(C)n1. The summed E-state index contributed by atoms with van der Waals surface area (Å²) in [5, 5.41) is 6.10. The summed E-state index contributed by atoms with van der Waals surface area (Å²) < 4.78 is 1.61. The minimum absolute atomic E-state index is 0.0487. The van der Waals surface area contributed by atoms with E-state index in [1.807, 2.05) is 31.2 Å². The minimum atomic E-state index is -0.0487. The standard InChI is InChI=1S/C15H13N3O/c1-10-7-14(18(2)17-10)15(19)13-9-16-8-11-5-3-4-6-12(11)13/h3-9H,1-2H3. The maximum Gasteiger partial charge on any atom is 0.213 e. The van der Waals surface area contributed by atoms with Gasteiger partial charge in [0, 0.05) is 24.8 Å². The fraction of sp³-hybridized carbons (Fsp3) is 0.133. The van der Waals surface area contributed by atoms with Crippen molar-refractivity contribution in [3.8, 4) is 0 Å². The van der Waals surface area contributed by atoms with Crippen LogP contribution in [0.1, 0.15) is 21.7 Å². The van der Waals surface area contributed by atoms with Gasteiger partial charge in [-0.1, -0.05) is 24.3 Å². The normalized spacial score (nSPS) is 10.8. The van der Waals surface area contributed by atoms with E-state index in [4.69, 9.17) is 0 Å². The Hall–Kier alpha value is -2.49. The van der Waals surface area contributed by atoms with E-state index in [0.29, 0.717) is 11.3 Å². The highest BCUT2D eigenvalue weighted by molar-refractivity contribution is 6.15. The van der Waals surface area contributed by atoms with Crippen molar-refractivity contribution in [2.75, 3.05) is 0 Å². The second-order valence-electron chi connectivity index (χ2n) is 4.53. The molecule has 0 amide bonds. The van der Waals surface area contributed by atoms with Gasteiger partial charge in [-0.15, -0.1) is 0 Å². The first-order valence-corrected chi connectivity index (χ1v) is 6.05. The molecule has 0 aliphatic heterocycles. The van der Waals surface area contributed by atoms with Gasteiger partial charge in [0.15, 0.2) is 0 Å². The van der Waals surface area contributed by atoms with Crippen LogP contribution in [0, 0.1) is 6.92 Å². The van der Waals surface area contributed by atoms with Crippen molar-refractivity contribution < 1.29 is 4.79 Å². The van der Waals surface area contributed by atoms with Crippen LogP contribution in [0.3, 0.4) is 0 Å². The molecule has 0 fully saturated rings. The number of hydrogen-bond donors (Lipinski definition) is 0. The smallest absolute Gasteiger partial charge is 0.213 e. The second-order valence-corrected chi connectivity index (χ2v) is 4.53. The first-order valence-electron chi connectivity index (χ1n) is 6.05. The number of hydrogen-bond acceptors (Lipinski definition) is 3. The highest BCUT2D eigenvalue weighted by Gasteiger charge is 2.16. The molecule has 0 atom stereocenters. The Balaban J connectivity index is 2.19. The monoisotopic (exact) mass is 251 g/mol. The Morgan fingerprint density at radius 1 is 1.21 bits per heavy atom. The molecule has 3 rings (SSSR count). The number of nitrogens with zero attached hydrogens (tertiary/aromatic N) is 3. The molecule has 3 aromatic rings. The zero-order valence-electron chi connectivity index (χ0n) is 10.8. The molecule has 0 radical (unpaired) electrons. The average Bonchev–Trinajstić information content (AvgIpc) is 2.76. The lowest BCUT2D eigenvalue weighted by molar-refractivity contribution is 0.103. The average molecular weight is 251 g/mol. The molecule has 0 saturated heterocycles. The molecule has 0 saturated carbocycles. The molecule has 2 heterocycles. The molecule has 0 unspecified atom stereocenters. The molecule has 0 spiro atoms. The summed E-state index contributed by atoms with van der Waals surface area (Å²) >= 11 is 0. The summed E-state index contributed by atoms with van der Waals surface area (Å²) in [6, 6.07) is 9.55. The predicted molar refractivity (Wildman–Crippen MR) is 73.1 cm³/mol. The van der Waals surface area contributed by atoms with Crippen LogP contribution in [0.15, 0.2) is 42.7 Å². The molecule has 0 aliphatic rings. The fourth-order valence-corrected chi connectivity index (χ4v) is 2.26. The second kappa shape index (κ2) is 4.31. The van der Waals surface area contributed by atoms with Gasteiger partial charge in [-0.05, 0) is 18.4 Å². The zero-order valence-corrected chi connectivity index (χ0v) is 10.8. The predicted octanol–water partition coefficient (Wildman–Crippen LogP) is 2.51. The maximum atomic E-state index is 12.6. The summed E-state index contributed by atoms with van der Waals surface area (Å²) in [6.45, 7) is 1.87. The van der Waals surface area contributed by atoms with Crippen LogP contribution in [0.4, 0.5) is 0 Å². The number of ketones is 1. The van der Waals surface area contributed by atoms with Gasteiger partial charge in [-0.2, -0.15) is 5.10 Å². The summed E-state index contributed by atoms with van der Waals surface area (Å²) in [5.74, 6) is -0.0487. The quantitative estimate of drug-likeness (QED) is 0.657. The Kier molecular flexibility index (Phi) is 2.63. The largest absolute Gasteiger partial charge is 0.287 e. The van der Waals surface area contributed by atoms with E-state index in [0.717, 1.165) is 16.5 Å². The van der Waals surface area contributed by atoms with Gasteiger partial charge in [0.25, 0.3) is 0 Å². The van der Waals surface area contributed by atoms with Gasteiger partial charge < -0.3 is 0 Å². The topological polar surface area (TPSA) is 47.8 Å². The van der Waals surface area contributed by atoms with E-state index in [1.165, 1.54) is 0 Å². The van der Waals surface area contributed by atoms with Crippen LogP contribution < -0.4 is 0 Å². The molecular formula is C15H13N3O. The van der Waals surface area contributed by atoms with E-state index in [2.05, 4.69) is 10.1 Å². The van der Waals surface area contributed by atoms with Gasteiger partial charge >= 0.3 is 0 Å². The van der Waals surface area contributed by atoms with Crippen LogP contribution in [0.5, 0.6) is 0 Å². The van der Waals surface area contributed by atoms with Crippen molar-refractivity contribution in [3.05, 3.63) is 59.7 Å². The number of fused-ring (bicyclic) bond motifs is 1. The van der Waals surface area contributed by atoms with Crippen LogP contribution in [0.25, 0.3) is 10.8 Å². The third-order valence-electron chi connectivity index (χ3n) is 3.15. The molecule has 2 aromatic heterocycles. The molecule has 1 aromatic carbocycles. The van der Waals surface area contributed by atoms with Crippen molar-refractivity contribution in [2.24, 2.45) is 7.05 Å². The van der Waals surface area contributed by atoms with E-state index in [-0.39, 0.29) is 5.78 Å². The summed E-state index contributed by atoms with van der Waals surface area (Å²) in [7, 11) is 1.78. The number of aryl methyl sites for hydroxylation is 2. The summed E-state index contributed by atoms with van der Waals surface area (Å²) in [4.78, 5) is 16.7. The molecule has 0 N–H and O–H groups in total. The number of rotatable bonds is 2. The van der Waals surface area contributed by atoms with Crippen LogP contribution in [-0.4, -0.2) is 20.5 Å². The molecule has 0 aliphatic carbocycles. The highest BCUT2D eigenvalue weighted by Crippen LogP contribution is 2.20. The highest BCUT2D eigenvalue weighted by atomic mass is 16.1. The molecule has 4 nitrogen and oxygen atoms in total. The van der Waals surface area contributed by atoms with Gasteiger partial charge in [0.2, 0.25) is 5.78 Å². The minimum Gasteiger partial charge on any atom is -0.287 e. The number of carbonyl (C=O) groups excluding carboxylic acids is 1. The van der Waals surface area contributed by atoms with E-state index < -0.39 is 0 Å². The Morgan fingerprint density at radius 2 is 2.00 bits per heavy atom. The van der Waals surface area contributed by atoms with Crippen molar-refractivity contribution in [2.45, 2.75) is 6.92 Å². The first kappa shape index (κ1) is 11.6. The van der Waals surface area contributed by atoms with E-state index in [9.17, 15) is 4.79 Å². The molecule has 0 bridgehead atoms. The van der Waals surface area contributed by atoms with E-state index in [1.54, 1.807) is 30.2 Å². The molecule has 94 valence electrons. The van der Waals surface area contributed by atoms with Crippen LogP contribution >= 0.6 is 0 Å². The fourth-order valence-electron chi connectivity index (χ4n) is 2.26. The molecule has 19 heavy (non-hydrogen) atoms. The molecule has 4 heteroatoms. The Morgan fingerprint density at radius 3 is 2.74 bits per heavy atom. The third kappa shape index (κ3) is 1.91. The van der Waals surface area contributed by atoms with Crippen LogP contribution in [0.2, 0.25) is 0 Å². The Labute approximate surface area is 110 Å². The number of pyridine rings is 1. The van der Waals surface area contributed by atoms with Crippen molar-refractivity contribution in [1.29, 1.82) is 0 Å². The molecular weight excluding hydrogens is 238 g/mol. The third-order valence-corrected chi connectivity index (χ3v) is 3.15. The number of benzene rings is 1. The maximum absolute atomic E-state index is 12.6. The zero-order chi connectivity index (χ0) is 13.4. The summed E-state index contributed by atoms with van der Waals surface area (Å²) in [6.07, 6.45) is 3.38. The van der Waals surface area contributed by atoms with Crippen LogP contribution in [-0.2, 0) is 7.05 Å². The van der Waals surface area contributed by atoms with Crippen molar-refractivity contribution in [1.82, 2.24) is 14.8 Å². The van der Waals surface area contributed by atoms with E-state index >= 15 is 0 Å². The number of carbonyl (C=O) groups is 1. The lowest BCUT2D eigenvalue weighted by Gasteiger charge is -2.05. The Bertz CT molecular complexity index is 769. The van der Waals surface area contributed by atoms with Crippen molar-refractivity contribution in [3.63, 3.8) is 0 Å². The lowest BCUT2D eigenvalue weighted by atomic mass is 10.0. The van der Waals surface area contributed by atoms with Gasteiger partial charge in [-0.3, -0.25) is 14.5 Å². The lowest BCUT2D eigenvalue weighted by Crippen LogP contribution is -2.09. The number of aromatic nitrogens is 3. The van der Waals surface area contributed by atoms with Gasteiger partial charge in [0.05, 0.1) is 11.3 Å². The summed E-state index contributed by atoms with van der Waals surface area (Å²) in [5.41, 5.74) is 2.02.